The first kappa shape index (κ1) is 19.8. The average molecular weight is 402 g/mol. The zero-order chi connectivity index (χ0) is 20.1. The van der Waals surface area contributed by atoms with Crippen molar-refractivity contribution in [2.75, 3.05) is 20.8 Å². The highest BCUT2D eigenvalue weighted by molar-refractivity contribution is 7.16. The molecule has 7 nitrogen and oxygen atoms in total. The second-order valence-electron chi connectivity index (χ2n) is 5.97. The van der Waals surface area contributed by atoms with Crippen LogP contribution in [0, 0.1) is 0 Å². The summed E-state index contributed by atoms with van der Waals surface area (Å²) in [5.41, 5.74) is 1.17. The molecule has 3 aromatic rings. The molecule has 0 saturated heterocycles. The number of amides is 1. The van der Waals surface area contributed by atoms with Gasteiger partial charge < -0.3 is 24.1 Å². The smallest absolute Gasteiger partial charge is 0.355 e. The number of methoxy groups -OCH3 is 2. The lowest BCUT2D eigenvalue weighted by Gasteiger charge is -2.13. The monoisotopic (exact) mass is 402 g/mol. The number of thiophene rings is 1. The van der Waals surface area contributed by atoms with E-state index in [1.54, 1.807) is 43.9 Å². The lowest BCUT2D eigenvalue weighted by molar-refractivity contribution is -0.121. The van der Waals surface area contributed by atoms with Gasteiger partial charge in [0.25, 0.3) is 0 Å². The topological polar surface area (TPSA) is 78.8 Å². The first-order chi connectivity index (χ1) is 13.6. The van der Waals surface area contributed by atoms with Crippen molar-refractivity contribution in [1.82, 2.24) is 9.88 Å². The highest BCUT2D eigenvalue weighted by Gasteiger charge is 2.19. The van der Waals surface area contributed by atoms with Crippen LogP contribution in [-0.4, -0.2) is 37.3 Å². The van der Waals surface area contributed by atoms with Crippen LogP contribution in [0.1, 0.15) is 23.0 Å². The van der Waals surface area contributed by atoms with Gasteiger partial charge in [0.15, 0.2) is 0 Å². The van der Waals surface area contributed by atoms with E-state index in [4.69, 9.17) is 14.2 Å². The van der Waals surface area contributed by atoms with Crippen molar-refractivity contribution in [2.45, 2.75) is 20.0 Å². The summed E-state index contributed by atoms with van der Waals surface area (Å²) in [5.74, 6) is 0.685. The van der Waals surface area contributed by atoms with Crippen molar-refractivity contribution in [1.29, 1.82) is 0 Å². The SMILES string of the molecule is CCOC(=O)c1cc2ccsc2n1CC(=O)NCc1cc(OC)ccc1OC. The van der Waals surface area contributed by atoms with Gasteiger partial charge in [-0.2, -0.15) is 0 Å². The van der Waals surface area contributed by atoms with Crippen LogP contribution in [0.2, 0.25) is 0 Å². The number of benzene rings is 1. The Morgan fingerprint density at radius 3 is 2.68 bits per heavy atom. The van der Waals surface area contributed by atoms with Crippen molar-refractivity contribution in [3.05, 3.63) is 47.0 Å². The molecule has 0 unspecified atom stereocenters. The summed E-state index contributed by atoms with van der Waals surface area (Å²) >= 11 is 1.48. The highest BCUT2D eigenvalue weighted by Crippen LogP contribution is 2.26. The Hall–Kier alpha value is -3.00. The molecule has 0 saturated carbocycles. The van der Waals surface area contributed by atoms with Gasteiger partial charge in [-0.1, -0.05) is 0 Å². The van der Waals surface area contributed by atoms with Gasteiger partial charge in [0.05, 0.1) is 20.8 Å². The molecule has 8 heteroatoms. The normalized spacial score (nSPS) is 10.7. The summed E-state index contributed by atoms with van der Waals surface area (Å²) in [6.07, 6.45) is 0. The Morgan fingerprint density at radius 1 is 1.14 bits per heavy atom. The Kier molecular flexibility index (Phi) is 6.20. The van der Waals surface area contributed by atoms with Gasteiger partial charge in [-0.15, -0.1) is 11.3 Å². The fourth-order valence-electron chi connectivity index (χ4n) is 2.92. The molecule has 1 aromatic carbocycles. The van der Waals surface area contributed by atoms with Crippen LogP contribution in [0.5, 0.6) is 11.5 Å². The van der Waals surface area contributed by atoms with Gasteiger partial charge >= 0.3 is 5.97 Å². The van der Waals surface area contributed by atoms with Gasteiger partial charge in [-0.05, 0) is 42.6 Å². The molecule has 2 aromatic heterocycles. The Bertz CT molecular complexity index is 992. The predicted molar refractivity (Wildman–Crippen MR) is 107 cm³/mol. The minimum Gasteiger partial charge on any atom is -0.497 e. The van der Waals surface area contributed by atoms with Crippen LogP contribution < -0.4 is 14.8 Å². The molecule has 0 spiro atoms. The minimum atomic E-state index is -0.437. The number of hydrogen-bond donors (Lipinski definition) is 1. The Balaban J connectivity index is 1.76. The first-order valence-electron chi connectivity index (χ1n) is 8.78. The zero-order valence-electron chi connectivity index (χ0n) is 16.0. The summed E-state index contributed by atoms with van der Waals surface area (Å²) in [6.45, 7) is 2.33. The van der Waals surface area contributed by atoms with E-state index in [1.165, 1.54) is 11.3 Å². The van der Waals surface area contributed by atoms with Gasteiger partial charge in [0.1, 0.15) is 28.6 Å². The number of ether oxygens (including phenoxy) is 3. The number of esters is 1. The molecule has 3 rings (SSSR count). The van der Waals surface area contributed by atoms with Crippen molar-refractivity contribution in [3.8, 4) is 11.5 Å². The molecule has 0 aliphatic rings. The summed E-state index contributed by atoms with van der Waals surface area (Å²) in [6, 6.07) is 9.07. The van der Waals surface area contributed by atoms with Gasteiger partial charge in [0.2, 0.25) is 5.91 Å². The molecule has 1 amide bonds. The maximum Gasteiger partial charge on any atom is 0.355 e. The van der Waals surface area contributed by atoms with E-state index in [2.05, 4.69) is 5.32 Å². The molecule has 0 fully saturated rings. The predicted octanol–water partition coefficient (Wildman–Crippen LogP) is 3.21. The Morgan fingerprint density at radius 2 is 1.96 bits per heavy atom. The molecule has 0 radical (unpaired) electrons. The number of carbonyl (C=O) groups is 2. The molecule has 0 bridgehead atoms. The van der Waals surface area contributed by atoms with Crippen LogP contribution >= 0.6 is 11.3 Å². The lowest BCUT2D eigenvalue weighted by atomic mass is 10.2. The second-order valence-corrected chi connectivity index (χ2v) is 6.87. The first-order valence-corrected chi connectivity index (χ1v) is 9.66. The average Bonchev–Trinajstić information content (AvgIpc) is 3.29. The number of rotatable bonds is 8. The third-order valence-electron chi connectivity index (χ3n) is 4.25. The lowest BCUT2D eigenvalue weighted by Crippen LogP contribution is -2.28. The molecule has 0 aliphatic carbocycles. The molecule has 2 heterocycles. The number of carbonyl (C=O) groups excluding carboxylic acids is 2. The molecule has 1 N–H and O–H groups in total. The van der Waals surface area contributed by atoms with Crippen molar-refractivity contribution < 1.29 is 23.8 Å². The van der Waals surface area contributed by atoms with Crippen LogP contribution in [0.3, 0.4) is 0 Å². The number of fused-ring (bicyclic) bond motifs is 1. The van der Waals surface area contributed by atoms with Crippen LogP contribution in [0.15, 0.2) is 35.7 Å². The van der Waals surface area contributed by atoms with Crippen LogP contribution in [0.4, 0.5) is 0 Å². The third-order valence-corrected chi connectivity index (χ3v) is 5.20. The molecule has 0 atom stereocenters. The number of nitrogens with zero attached hydrogens (tertiary/aromatic N) is 1. The third kappa shape index (κ3) is 4.12. The highest BCUT2D eigenvalue weighted by atomic mass is 32.1. The van der Waals surface area contributed by atoms with Gasteiger partial charge in [0, 0.05) is 17.5 Å². The maximum atomic E-state index is 12.6. The zero-order valence-corrected chi connectivity index (χ0v) is 16.8. The fraction of sp³-hybridized carbons (Fsp3) is 0.300. The Labute approximate surface area is 166 Å². The number of nitrogens with one attached hydrogen (secondary N) is 1. The van der Waals surface area contributed by atoms with E-state index in [0.717, 1.165) is 15.8 Å². The van der Waals surface area contributed by atoms with Crippen molar-refractivity contribution >= 4 is 33.4 Å². The quantitative estimate of drug-likeness (QED) is 0.586. The van der Waals surface area contributed by atoms with Gasteiger partial charge in [-0.3, -0.25) is 4.79 Å². The minimum absolute atomic E-state index is 0.0183. The van der Waals surface area contributed by atoms with E-state index in [1.807, 2.05) is 17.5 Å². The van der Waals surface area contributed by atoms with Crippen molar-refractivity contribution in [3.63, 3.8) is 0 Å². The van der Waals surface area contributed by atoms with E-state index in [9.17, 15) is 9.59 Å². The maximum absolute atomic E-state index is 12.6. The van der Waals surface area contributed by atoms with E-state index >= 15 is 0 Å². The largest absolute Gasteiger partial charge is 0.497 e. The second kappa shape index (κ2) is 8.79. The number of hydrogen-bond acceptors (Lipinski definition) is 6. The standard InChI is InChI=1S/C20H22N2O5S/c1-4-27-20(24)16-10-13-7-8-28-19(13)22(16)12-18(23)21-11-14-9-15(25-2)5-6-17(14)26-3/h5-10H,4,11-12H2,1-3H3,(H,21,23). The van der Waals surface area contributed by atoms with Crippen molar-refractivity contribution in [2.24, 2.45) is 0 Å². The molecular weight excluding hydrogens is 380 g/mol. The van der Waals surface area contributed by atoms with E-state index in [-0.39, 0.29) is 25.6 Å². The van der Waals surface area contributed by atoms with Crippen LogP contribution in [-0.2, 0) is 22.6 Å². The molecule has 0 aliphatic heterocycles. The summed E-state index contributed by atoms with van der Waals surface area (Å²) in [5, 5.41) is 5.71. The van der Waals surface area contributed by atoms with E-state index < -0.39 is 5.97 Å². The summed E-state index contributed by atoms with van der Waals surface area (Å²) in [4.78, 5) is 25.7. The molecule has 148 valence electrons. The van der Waals surface area contributed by atoms with Gasteiger partial charge in [-0.25, -0.2) is 4.79 Å². The van der Waals surface area contributed by atoms with Crippen LogP contribution in [0.25, 0.3) is 10.2 Å². The summed E-state index contributed by atoms with van der Waals surface area (Å²) < 4.78 is 17.4. The molecule has 28 heavy (non-hydrogen) atoms. The molecular formula is C20H22N2O5S. The number of aromatic nitrogens is 1. The fourth-order valence-corrected chi connectivity index (χ4v) is 3.82. The summed E-state index contributed by atoms with van der Waals surface area (Å²) in [7, 11) is 3.16. The van der Waals surface area contributed by atoms with E-state index in [0.29, 0.717) is 17.2 Å².